The number of nitrogens with one attached hydrogen (secondary N) is 1. The maximum atomic E-state index is 3.61. The van der Waals surface area contributed by atoms with Gasteiger partial charge in [0.25, 0.3) is 0 Å². The minimum Gasteiger partial charge on any atom is -0.313 e. The average molecular weight is 266 g/mol. The maximum Gasteiger partial charge on any atom is 0.0195 e. The Balaban J connectivity index is 1.67. The minimum absolute atomic E-state index is 0.518. The summed E-state index contributed by atoms with van der Waals surface area (Å²) in [6.07, 6.45) is 8.54. The number of hydrogen-bond acceptors (Lipinski definition) is 2. The molecule has 2 heteroatoms. The summed E-state index contributed by atoms with van der Waals surface area (Å²) >= 11 is 0. The van der Waals surface area contributed by atoms with Crippen LogP contribution in [-0.4, -0.2) is 37.6 Å². The van der Waals surface area contributed by atoms with Crippen molar-refractivity contribution in [2.24, 2.45) is 17.3 Å². The van der Waals surface area contributed by atoms with E-state index < -0.39 is 0 Å². The monoisotopic (exact) mass is 266 g/mol. The van der Waals surface area contributed by atoms with E-state index in [0.29, 0.717) is 5.41 Å². The van der Waals surface area contributed by atoms with Crippen LogP contribution in [0.1, 0.15) is 59.3 Å². The van der Waals surface area contributed by atoms with Crippen molar-refractivity contribution in [2.45, 2.75) is 65.3 Å². The van der Waals surface area contributed by atoms with Gasteiger partial charge in [-0.05, 0) is 69.4 Å². The summed E-state index contributed by atoms with van der Waals surface area (Å²) in [4.78, 5) is 2.57. The smallest absolute Gasteiger partial charge is 0.0195 e. The fourth-order valence-electron chi connectivity index (χ4n) is 4.02. The van der Waals surface area contributed by atoms with Gasteiger partial charge in [0.15, 0.2) is 0 Å². The molecule has 2 aliphatic rings. The van der Waals surface area contributed by atoms with Gasteiger partial charge < -0.3 is 10.2 Å². The Kier molecular flexibility index (Phi) is 5.30. The zero-order valence-corrected chi connectivity index (χ0v) is 13.5. The van der Waals surface area contributed by atoms with Crippen LogP contribution in [0.15, 0.2) is 0 Å². The van der Waals surface area contributed by atoms with E-state index in [1.807, 2.05) is 0 Å². The second-order valence-electron chi connectivity index (χ2n) is 8.10. The lowest BCUT2D eigenvalue weighted by Crippen LogP contribution is -2.38. The molecule has 2 fully saturated rings. The lowest BCUT2D eigenvalue weighted by Gasteiger charge is -2.38. The van der Waals surface area contributed by atoms with E-state index in [-0.39, 0.29) is 0 Å². The van der Waals surface area contributed by atoms with Crippen molar-refractivity contribution >= 4 is 0 Å². The lowest BCUT2D eigenvalue weighted by atomic mass is 9.70. The van der Waals surface area contributed by atoms with Crippen LogP contribution in [0.2, 0.25) is 0 Å². The molecule has 112 valence electrons. The Labute approximate surface area is 120 Å². The topological polar surface area (TPSA) is 15.3 Å². The second kappa shape index (κ2) is 6.58. The predicted molar refractivity (Wildman–Crippen MR) is 83.4 cm³/mol. The van der Waals surface area contributed by atoms with Gasteiger partial charge in [0.2, 0.25) is 0 Å². The molecule has 0 aromatic rings. The molecule has 1 heterocycles. The molecular weight excluding hydrogens is 232 g/mol. The zero-order chi connectivity index (χ0) is 13.9. The largest absolute Gasteiger partial charge is 0.313 e. The summed E-state index contributed by atoms with van der Waals surface area (Å²) in [7, 11) is 2.32. The number of rotatable bonds is 4. The van der Waals surface area contributed by atoms with Gasteiger partial charge in [0, 0.05) is 19.1 Å². The van der Waals surface area contributed by atoms with E-state index in [0.717, 1.165) is 17.9 Å². The number of likely N-dealkylation sites (N-methyl/N-ethyl adjacent to an activating group) is 1. The van der Waals surface area contributed by atoms with Gasteiger partial charge in [-0.2, -0.15) is 0 Å². The van der Waals surface area contributed by atoms with Crippen LogP contribution in [0.5, 0.6) is 0 Å². The number of nitrogens with zero attached hydrogens (tertiary/aromatic N) is 1. The third-order valence-corrected chi connectivity index (χ3v) is 5.34. The van der Waals surface area contributed by atoms with Crippen molar-refractivity contribution < 1.29 is 0 Å². The highest BCUT2D eigenvalue weighted by Crippen LogP contribution is 2.39. The second-order valence-corrected chi connectivity index (χ2v) is 8.10. The molecule has 1 saturated carbocycles. The van der Waals surface area contributed by atoms with Crippen LogP contribution in [0.25, 0.3) is 0 Å². The molecule has 1 atom stereocenters. The number of hydrogen-bond donors (Lipinski definition) is 1. The highest BCUT2D eigenvalue weighted by molar-refractivity contribution is 4.83. The molecule has 0 aromatic carbocycles. The Morgan fingerprint density at radius 1 is 1.00 bits per heavy atom. The van der Waals surface area contributed by atoms with Crippen LogP contribution in [0.4, 0.5) is 0 Å². The van der Waals surface area contributed by atoms with Gasteiger partial charge in [-0.3, -0.25) is 0 Å². The molecular formula is C17H34N2. The van der Waals surface area contributed by atoms with Crippen molar-refractivity contribution in [3.05, 3.63) is 0 Å². The average Bonchev–Trinajstić information content (AvgIpc) is 2.81. The van der Waals surface area contributed by atoms with Gasteiger partial charge in [0.1, 0.15) is 0 Å². The third kappa shape index (κ3) is 4.75. The molecule has 1 aliphatic heterocycles. The van der Waals surface area contributed by atoms with E-state index in [9.17, 15) is 0 Å². The first-order valence-electron chi connectivity index (χ1n) is 8.37. The Hall–Kier alpha value is -0.0800. The van der Waals surface area contributed by atoms with E-state index in [2.05, 4.69) is 38.0 Å². The first-order chi connectivity index (χ1) is 8.95. The van der Waals surface area contributed by atoms with Gasteiger partial charge in [0.05, 0.1) is 0 Å². The maximum absolute atomic E-state index is 3.61. The van der Waals surface area contributed by atoms with Crippen LogP contribution in [0, 0.1) is 17.3 Å². The molecule has 2 nitrogen and oxygen atoms in total. The Morgan fingerprint density at radius 2 is 1.68 bits per heavy atom. The van der Waals surface area contributed by atoms with E-state index in [1.165, 1.54) is 58.2 Å². The summed E-state index contributed by atoms with van der Waals surface area (Å²) in [5, 5.41) is 3.61. The quantitative estimate of drug-likeness (QED) is 0.837. The Bertz CT molecular complexity index is 255. The first kappa shape index (κ1) is 15.3. The van der Waals surface area contributed by atoms with Crippen LogP contribution in [-0.2, 0) is 0 Å². The van der Waals surface area contributed by atoms with E-state index in [4.69, 9.17) is 0 Å². The summed E-state index contributed by atoms with van der Waals surface area (Å²) in [6, 6.07) is 0.760. The summed E-state index contributed by atoms with van der Waals surface area (Å²) in [6.45, 7) is 11.0. The zero-order valence-electron chi connectivity index (χ0n) is 13.5. The summed E-state index contributed by atoms with van der Waals surface area (Å²) in [5.41, 5.74) is 0.518. The van der Waals surface area contributed by atoms with Gasteiger partial charge in [-0.1, -0.05) is 20.8 Å². The molecule has 0 bridgehead atoms. The molecule has 0 radical (unpaired) electrons. The normalized spacial score (nSPS) is 33.0. The van der Waals surface area contributed by atoms with Gasteiger partial charge in [-0.15, -0.1) is 0 Å². The fraction of sp³-hybridized carbons (Fsp3) is 1.00. The highest BCUT2D eigenvalue weighted by Gasteiger charge is 2.30. The molecule has 1 unspecified atom stereocenters. The predicted octanol–water partition coefficient (Wildman–Crippen LogP) is 3.52. The minimum atomic E-state index is 0.518. The molecule has 1 saturated heterocycles. The van der Waals surface area contributed by atoms with Crippen LogP contribution >= 0.6 is 0 Å². The summed E-state index contributed by atoms with van der Waals surface area (Å²) < 4.78 is 0. The molecule has 2 rings (SSSR count). The summed E-state index contributed by atoms with van der Waals surface area (Å²) in [5.74, 6) is 1.90. The molecule has 0 spiro atoms. The van der Waals surface area contributed by atoms with E-state index >= 15 is 0 Å². The van der Waals surface area contributed by atoms with Crippen molar-refractivity contribution in [1.82, 2.24) is 10.2 Å². The lowest BCUT2D eigenvalue weighted by molar-refractivity contribution is 0.129. The Morgan fingerprint density at radius 3 is 2.21 bits per heavy atom. The molecule has 0 aromatic heterocycles. The van der Waals surface area contributed by atoms with Gasteiger partial charge >= 0.3 is 0 Å². The SMILES string of the molecule is CN(CC1CCC(C(C)(C)C)CC1)CC1CCCN1. The molecule has 0 amide bonds. The van der Waals surface area contributed by atoms with Crippen LogP contribution < -0.4 is 5.32 Å². The fourth-order valence-corrected chi connectivity index (χ4v) is 4.02. The molecule has 1 aliphatic carbocycles. The van der Waals surface area contributed by atoms with Crippen molar-refractivity contribution in [1.29, 1.82) is 0 Å². The standard InChI is InChI=1S/C17H34N2/c1-17(2,3)15-9-7-14(8-10-15)12-19(4)13-16-6-5-11-18-16/h14-16,18H,5-13H2,1-4H3. The highest BCUT2D eigenvalue weighted by atomic mass is 15.1. The van der Waals surface area contributed by atoms with Crippen molar-refractivity contribution in [2.75, 3.05) is 26.7 Å². The third-order valence-electron chi connectivity index (χ3n) is 5.34. The molecule has 19 heavy (non-hydrogen) atoms. The first-order valence-corrected chi connectivity index (χ1v) is 8.37. The van der Waals surface area contributed by atoms with Crippen molar-refractivity contribution in [3.8, 4) is 0 Å². The van der Waals surface area contributed by atoms with E-state index in [1.54, 1.807) is 0 Å². The van der Waals surface area contributed by atoms with Crippen molar-refractivity contribution in [3.63, 3.8) is 0 Å². The van der Waals surface area contributed by atoms with Gasteiger partial charge in [-0.25, -0.2) is 0 Å². The van der Waals surface area contributed by atoms with Crippen LogP contribution in [0.3, 0.4) is 0 Å². The molecule has 1 N–H and O–H groups in total.